The Morgan fingerprint density at radius 1 is 1.16 bits per heavy atom. The maximum Gasteiger partial charge on any atom is 0.291 e. The lowest BCUT2D eigenvalue weighted by molar-refractivity contribution is -0.121. The highest BCUT2D eigenvalue weighted by atomic mass is 32.2. The van der Waals surface area contributed by atoms with E-state index in [0.29, 0.717) is 29.3 Å². The van der Waals surface area contributed by atoms with E-state index in [1.807, 2.05) is 12.1 Å². The van der Waals surface area contributed by atoms with Gasteiger partial charge in [0.05, 0.1) is 11.0 Å². The van der Waals surface area contributed by atoms with Crippen molar-refractivity contribution in [1.29, 1.82) is 0 Å². The lowest BCUT2D eigenvalue weighted by Gasteiger charge is -2.33. The van der Waals surface area contributed by atoms with Gasteiger partial charge in [-0.05, 0) is 42.6 Å². The predicted octanol–water partition coefficient (Wildman–Crippen LogP) is 2.81. The number of benzene rings is 1. The molecule has 0 saturated carbocycles. The Bertz CT molecular complexity index is 1030. The summed E-state index contributed by atoms with van der Waals surface area (Å²) in [6.07, 6.45) is 1.76. The van der Waals surface area contributed by atoms with Crippen LogP contribution in [0.5, 0.6) is 0 Å². The van der Waals surface area contributed by atoms with Gasteiger partial charge in [0.25, 0.3) is 5.76 Å². The number of hydrogen-bond acceptors (Lipinski definition) is 6. The maximum atomic E-state index is 12.9. The van der Waals surface area contributed by atoms with Crippen LogP contribution in [-0.2, 0) is 17.9 Å². The number of nitrogens with zero attached hydrogens (tertiary/aromatic N) is 5. The summed E-state index contributed by atoms with van der Waals surface area (Å²) in [5.41, 5.74) is 2.12. The van der Waals surface area contributed by atoms with Crippen LogP contribution in [0, 0.1) is 0 Å². The number of piperazine rings is 1. The molecule has 31 heavy (non-hydrogen) atoms. The first kappa shape index (κ1) is 21.5. The van der Waals surface area contributed by atoms with Crippen LogP contribution in [0.15, 0.2) is 47.8 Å². The second kappa shape index (κ2) is 9.61. The van der Waals surface area contributed by atoms with E-state index in [1.165, 1.54) is 4.57 Å². The zero-order valence-corrected chi connectivity index (χ0v) is 18.0. The summed E-state index contributed by atoms with van der Waals surface area (Å²) in [6.45, 7) is 4.14. The third-order valence-electron chi connectivity index (χ3n) is 5.24. The number of likely N-dealkylation sites (N-methyl/N-ethyl adjacent to an activating group) is 1. The van der Waals surface area contributed by atoms with Gasteiger partial charge < -0.3 is 19.7 Å². The average Bonchev–Trinajstić information content (AvgIpc) is 3.09. The molecular weight excluding hydrogens is 422 g/mol. The number of halogens is 2. The lowest BCUT2D eigenvalue weighted by Crippen LogP contribution is -2.44. The molecule has 0 bridgehead atoms. The van der Waals surface area contributed by atoms with Gasteiger partial charge in [0.1, 0.15) is 12.4 Å². The molecule has 0 spiro atoms. The summed E-state index contributed by atoms with van der Waals surface area (Å²) in [5, 5.41) is 2.97. The summed E-state index contributed by atoms with van der Waals surface area (Å²) < 4.78 is 27.4. The van der Waals surface area contributed by atoms with Gasteiger partial charge in [-0.15, -0.1) is 0 Å². The first-order valence-corrected chi connectivity index (χ1v) is 10.9. The highest BCUT2D eigenvalue weighted by Crippen LogP contribution is 2.28. The van der Waals surface area contributed by atoms with Crippen molar-refractivity contribution in [2.24, 2.45) is 0 Å². The van der Waals surface area contributed by atoms with Gasteiger partial charge in [-0.25, -0.2) is 9.97 Å². The van der Waals surface area contributed by atoms with Crippen LogP contribution in [0.2, 0.25) is 0 Å². The molecular formula is C21H24F2N6OS. The third-order valence-corrected chi connectivity index (χ3v) is 5.94. The van der Waals surface area contributed by atoms with Crippen molar-refractivity contribution in [2.45, 2.75) is 24.0 Å². The number of hydrogen-bond donors (Lipinski definition) is 1. The van der Waals surface area contributed by atoms with Crippen LogP contribution in [-0.4, -0.2) is 64.3 Å². The second-order valence-corrected chi connectivity index (χ2v) is 8.40. The lowest BCUT2D eigenvalue weighted by atomic mass is 10.2. The van der Waals surface area contributed by atoms with Gasteiger partial charge in [-0.1, -0.05) is 18.2 Å². The Labute approximate surface area is 183 Å². The first-order chi connectivity index (χ1) is 15.0. The van der Waals surface area contributed by atoms with E-state index in [9.17, 15) is 13.6 Å². The Morgan fingerprint density at radius 2 is 1.94 bits per heavy atom. The molecule has 3 aromatic rings. The van der Waals surface area contributed by atoms with E-state index in [1.54, 1.807) is 30.5 Å². The van der Waals surface area contributed by atoms with Crippen molar-refractivity contribution >= 4 is 34.5 Å². The number of thioether (sulfide) groups is 1. The predicted molar refractivity (Wildman–Crippen MR) is 117 cm³/mol. The number of fused-ring (bicyclic) bond motifs is 1. The number of para-hydroxylation sites is 2. The van der Waals surface area contributed by atoms with Crippen LogP contribution in [0.4, 0.5) is 14.6 Å². The Morgan fingerprint density at radius 3 is 2.65 bits per heavy atom. The summed E-state index contributed by atoms with van der Waals surface area (Å²) in [7, 11) is 2.11. The van der Waals surface area contributed by atoms with E-state index >= 15 is 0 Å². The van der Waals surface area contributed by atoms with Gasteiger partial charge in [0.15, 0.2) is 5.16 Å². The van der Waals surface area contributed by atoms with E-state index in [-0.39, 0.29) is 17.6 Å². The summed E-state index contributed by atoms with van der Waals surface area (Å²) in [6, 6.07) is 11.0. The first-order valence-electron chi connectivity index (χ1n) is 10.0. The molecule has 1 fully saturated rings. The molecule has 2 aromatic heterocycles. The molecule has 164 valence electrons. The van der Waals surface area contributed by atoms with E-state index in [0.717, 1.165) is 37.6 Å². The van der Waals surface area contributed by atoms with Gasteiger partial charge in [-0.3, -0.25) is 4.79 Å². The van der Waals surface area contributed by atoms with Gasteiger partial charge in [0.2, 0.25) is 5.91 Å². The van der Waals surface area contributed by atoms with Gasteiger partial charge in [-0.2, -0.15) is 8.78 Å². The van der Waals surface area contributed by atoms with Crippen LogP contribution in [0.25, 0.3) is 11.0 Å². The number of carbonyl (C=O) groups is 1. The number of anilines is 1. The van der Waals surface area contributed by atoms with Crippen LogP contribution in [0.3, 0.4) is 0 Å². The largest absolute Gasteiger partial charge is 0.354 e. The average molecular weight is 447 g/mol. The standard InChI is InChI=1S/C21H24F2N6OS/c1-27-8-10-28(11-9-27)18-7-6-15(12-24-18)13-25-19(30)14-29-17-5-3-2-4-16(17)26-21(29)31-20(22)23/h2-7,12,20H,8-11,13-14H2,1H3,(H,25,30). The molecule has 3 heterocycles. The normalized spacial score (nSPS) is 15.0. The minimum atomic E-state index is -2.61. The molecule has 1 aliphatic heterocycles. The Kier molecular flexibility index (Phi) is 6.67. The molecule has 0 atom stereocenters. The molecule has 1 amide bonds. The fraction of sp³-hybridized carbons (Fsp3) is 0.381. The highest BCUT2D eigenvalue weighted by Gasteiger charge is 2.18. The number of pyridine rings is 1. The minimum Gasteiger partial charge on any atom is -0.354 e. The monoisotopic (exact) mass is 446 g/mol. The summed E-state index contributed by atoms with van der Waals surface area (Å²) in [4.78, 5) is 25.8. The molecule has 1 N–H and O–H groups in total. The fourth-order valence-electron chi connectivity index (χ4n) is 3.52. The zero-order valence-electron chi connectivity index (χ0n) is 17.2. The number of rotatable bonds is 7. The summed E-state index contributed by atoms with van der Waals surface area (Å²) >= 11 is 0.343. The number of amides is 1. The maximum absolute atomic E-state index is 12.9. The number of carbonyl (C=O) groups excluding carboxylic acids is 1. The second-order valence-electron chi connectivity index (χ2n) is 7.44. The number of aromatic nitrogens is 3. The van der Waals surface area contributed by atoms with E-state index in [4.69, 9.17) is 0 Å². The molecule has 0 aliphatic carbocycles. The molecule has 7 nitrogen and oxygen atoms in total. The molecule has 0 radical (unpaired) electrons. The number of alkyl halides is 2. The third kappa shape index (κ3) is 5.31. The molecule has 0 unspecified atom stereocenters. The van der Waals surface area contributed by atoms with Crippen LogP contribution >= 0.6 is 11.8 Å². The number of imidazole rings is 1. The Hall–Kier alpha value is -2.72. The fourth-order valence-corrected chi connectivity index (χ4v) is 4.12. The van der Waals surface area contributed by atoms with Gasteiger partial charge >= 0.3 is 0 Å². The molecule has 1 saturated heterocycles. The van der Waals surface area contributed by atoms with Crippen molar-refractivity contribution in [2.75, 3.05) is 38.1 Å². The van der Waals surface area contributed by atoms with Crippen molar-refractivity contribution in [3.63, 3.8) is 0 Å². The van der Waals surface area contributed by atoms with Crippen molar-refractivity contribution in [3.8, 4) is 0 Å². The smallest absolute Gasteiger partial charge is 0.291 e. The molecule has 1 aliphatic rings. The van der Waals surface area contributed by atoms with Crippen LogP contribution < -0.4 is 10.2 Å². The number of nitrogens with one attached hydrogen (secondary N) is 1. The Balaban J connectivity index is 1.37. The molecule has 10 heteroatoms. The summed E-state index contributed by atoms with van der Waals surface area (Å²) in [5.74, 6) is -1.95. The van der Waals surface area contributed by atoms with Crippen molar-refractivity contribution in [1.82, 2.24) is 24.8 Å². The molecule has 4 rings (SSSR count). The zero-order chi connectivity index (χ0) is 21.8. The van der Waals surface area contributed by atoms with Crippen molar-refractivity contribution in [3.05, 3.63) is 48.2 Å². The van der Waals surface area contributed by atoms with Crippen LogP contribution in [0.1, 0.15) is 5.56 Å². The SMILES string of the molecule is CN1CCN(c2ccc(CNC(=O)Cn3c(SC(F)F)nc4ccccc43)cn2)CC1. The highest BCUT2D eigenvalue weighted by molar-refractivity contribution is 7.99. The molecule has 1 aromatic carbocycles. The van der Waals surface area contributed by atoms with Crippen molar-refractivity contribution < 1.29 is 13.6 Å². The topological polar surface area (TPSA) is 66.3 Å². The van der Waals surface area contributed by atoms with E-state index < -0.39 is 5.76 Å². The minimum absolute atomic E-state index is 0.0810. The van der Waals surface area contributed by atoms with E-state index in [2.05, 4.69) is 32.1 Å². The quantitative estimate of drug-likeness (QED) is 0.563. The van der Waals surface area contributed by atoms with Gasteiger partial charge in [0, 0.05) is 38.9 Å².